The van der Waals surface area contributed by atoms with E-state index in [2.05, 4.69) is 20.7 Å². The lowest BCUT2D eigenvalue weighted by Crippen LogP contribution is -2.22. The van der Waals surface area contributed by atoms with Gasteiger partial charge in [0.2, 0.25) is 0 Å². The quantitative estimate of drug-likeness (QED) is 0.814. The molecule has 0 heterocycles. The number of esters is 1. The van der Waals surface area contributed by atoms with E-state index in [0.29, 0.717) is 4.47 Å². The predicted molar refractivity (Wildman–Crippen MR) is 79.4 cm³/mol. The molecule has 8 heteroatoms. The Morgan fingerprint density at radius 2 is 1.70 bits per heavy atom. The van der Waals surface area contributed by atoms with Crippen LogP contribution in [-0.2, 0) is 9.53 Å². The van der Waals surface area contributed by atoms with Crippen molar-refractivity contribution in [2.75, 3.05) is 11.9 Å². The summed E-state index contributed by atoms with van der Waals surface area (Å²) in [6, 6.07) is 6.72. The average molecular weight is 388 g/mol. The van der Waals surface area contributed by atoms with E-state index in [1.54, 1.807) is 0 Å². The first-order valence-electron chi connectivity index (χ1n) is 6.24. The zero-order valence-corrected chi connectivity index (χ0v) is 13.0. The number of anilines is 1. The van der Waals surface area contributed by atoms with Crippen LogP contribution in [0.3, 0.4) is 0 Å². The van der Waals surface area contributed by atoms with Crippen LogP contribution in [0.25, 0.3) is 0 Å². The van der Waals surface area contributed by atoms with Gasteiger partial charge in [-0.2, -0.15) is 0 Å². The molecule has 1 N–H and O–H groups in total. The highest BCUT2D eigenvalue weighted by atomic mass is 79.9. The third-order valence-corrected chi connectivity index (χ3v) is 3.21. The van der Waals surface area contributed by atoms with Gasteiger partial charge < -0.3 is 10.1 Å². The molecule has 4 nitrogen and oxygen atoms in total. The van der Waals surface area contributed by atoms with Gasteiger partial charge in [-0.3, -0.25) is 4.79 Å². The summed E-state index contributed by atoms with van der Waals surface area (Å²) in [4.78, 5) is 23.2. The summed E-state index contributed by atoms with van der Waals surface area (Å²) in [5, 5.41) is 1.94. The molecule has 2 aromatic carbocycles. The van der Waals surface area contributed by atoms with Gasteiger partial charge in [0.15, 0.2) is 6.61 Å². The number of rotatable bonds is 4. The number of amides is 1. The molecular weight excluding hydrogens is 379 g/mol. The largest absolute Gasteiger partial charge is 0.452 e. The van der Waals surface area contributed by atoms with E-state index in [0.717, 1.165) is 24.3 Å². The smallest absolute Gasteiger partial charge is 0.341 e. The fourth-order valence-electron chi connectivity index (χ4n) is 1.66. The number of para-hydroxylation sites is 1. The summed E-state index contributed by atoms with van der Waals surface area (Å²) < 4.78 is 45.3. The fourth-order valence-corrected chi connectivity index (χ4v) is 1.99. The van der Waals surface area contributed by atoms with Crippen molar-refractivity contribution in [1.82, 2.24) is 0 Å². The molecule has 2 rings (SSSR count). The zero-order valence-electron chi connectivity index (χ0n) is 11.4. The van der Waals surface area contributed by atoms with Crippen LogP contribution in [0.1, 0.15) is 10.4 Å². The molecule has 0 saturated heterocycles. The van der Waals surface area contributed by atoms with Gasteiger partial charge >= 0.3 is 5.97 Å². The molecule has 120 valence electrons. The van der Waals surface area contributed by atoms with Gasteiger partial charge in [-0.25, -0.2) is 18.0 Å². The van der Waals surface area contributed by atoms with Crippen molar-refractivity contribution in [3.05, 3.63) is 63.9 Å². The highest BCUT2D eigenvalue weighted by Crippen LogP contribution is 2.18. The molecule has 0 aromatic heterocycles. The van der Waals surface area contributed by atoms with Gasteiger partial charge in [-0.15, -0.1) is 0 Å². The molecular formula is C15H9BrF3NO3. The molecule has 0 atom stereocenters. The van der Waals surface area contributed by atoms with Crippen LogP contribution in [0.15, 0.2) is 40.9 Å². The van der Waals surface area contributed by atoms with Crippen molar-refractivity contribution in [3.8, 4) is 0 Å². The Morgan fingerprint density at radius 1 is 1.04 bits per heavy atom. The van der Waals surface area contributed by atoms with Gasteiger partial charge in [0.05, 0.1) is 5.56 Å². The maximum Gasteiger partial charge on any atom is 0.341 e. The lowest BCUT2D eigenvalue weighted by atomic mass is 10.2. The van der Waals surface area contributed by atoms with Gasteiger partial charge in [0, 0.05) is 4.47 Å². The number of ether oxygens (including phenoxy) is 1. The number of halogens is 4. The summed E-state index contributed by atoms with van der Waals surface area (Å²) in [7, 11) is 0. The normalized spacial score (nSPS) is 10.3. The Hall–Kier alpha value is -2.35. The van der Waals surface area contributed by atoms with E-state index in [4.69, 9.17) is 0 Å². The number of carbonyl (C=O) groups is 2. The average Bonchev–Trinajstić information content (AvgIpc) is 2.49. The molecule has 0 unspecified atom stereocenters. The number of carbonyl (C=O) groups excluding carboxylic acids is 2. The minimum Gasteiger partial charge on any atom is -0.452 e. The Bertz CT molecular complexity index is 747. The lowest BCUT2D eigenvalue weighted by molar-refractivity contribution is -0.119. The van der Waals surface area contributed by atoms with Gasteiger partial charge in [-0.05, 0) is 30.3 Å². The van der Waals surface area contributed by atoms with E-state index >= 15 is 0 Å². The van der Waals surface area contributed by atoms with Crippen molar-refractivity contribution in [1.29, 1.82) is 0 Å². The molecule has 1 amide bonds. The second-order valence-corrected chi connectivity index (χ2v) is 5.26. The summed E-state index contributed by atoms with van der Waals surface area (Å²) in [6.45, 7) is -0.817. The molecule has 0 aliphatic carbocycles. The number of hydrogen-bond acceptors (Lipinski definition) is 3. The summed E-state index contributed by atoms with van der Waals surface area (Å²) in [6.07, 6.45) is 0. The van der Waals surface area contributed by atoms with E-state index in [9.17, 15) is 22.8 Å². The SMILES string of the molecule is O=C(COC(=O)c1ccc(Br)cc1F)Nc1c(F)cccc1F. The second-order valence-electron chi connectivity index (χ2n) is 4.35. The highest BCUT2D eigenvalue weighted by molar-refractivity contribution is 9.10. The number of hydrogen-bond donors (Lipinski definition) is 1. The van der Waals surface area contributed by atoms with Crippen molar-refractivity contribution in [3.63, 3.8) is 0 Å². The van der Waals surface area contributed by atoms with Gasteiger partial charge in [0.25, 0.3) is 5.91 Å². The molecule has 0 radical (unpaired) electrons. The lowest BCUT2D eigenvalue weighted by Gasteiger charge is -2.08. The van der Waals surface area contributed by atoms with E-state index in [1.807, 2.05) is 5.32 Å². The van der Waals surface area contributed by atoms with E-state index in [-0.39, 0.29) is 5.56 Å². The number of nitrogens with one attached hydrogen (secondary N) is 1. The van der Waals surface area contributed by atoms with Gasteiger partial charge in [-0.1, -0.05) is 22.0 Å². The number of benzene rings is 2. The molecule has 0 aliphatic rings. The molecule has 0 spiro atoms. The topological polar surface area (TPSA) is 55.4 Å². The van der Waals surface area contributed by atoms with Crippen molar-refractivity contribution < 1.29 is 27.5 Å². The van der Waals surface area contributed by atoms with E-state index < -0.39 is 41.6 Å². The zero-order chi connectivity index (χ0) is 17.0. The Kier molecular flexibility index (Phi) is 5.38. The molecule has 0 bridgehead atoms. The summed E-state index contributed by atoms with van der Waals surface area (Å²) in [5.41, 5.74) is -1.01. The fraction of sp³-hybridized carbons (Fsp3) is 0.0667. The van der Waals surface area contributed by atoms with Crippen molar-refractivity contribution in [2.45, 2.75) is 0 Å². The Balaban J connectivity index is 1.98. The Labute approximate surface area is 137 Å². The van der Waals surface area contributed by atoms with Crippen LogP contribution >= 0.6 is 15.9 Å². The van der Waals surface area contributed by atoms with Crippen LogP contribution in [-0.4, -0.2) is 18.5 Å². The molecule has 2 aromatic rings. The summed E-state index contributed by atoms with van der Waals surface area (Å²) >= 11 is 3.03. The first kappa shape index (κ1) is 17.0. The van der Waals surface area contributed by atoms with Crippen molar-refractivity contribution >= 4 is 33.5 Å². The third-order valence-electron chi connectivity index (χ3n) is 2.71. The van der Waals surface area contributed by atoms with Crippen LogP contribution in [0.5, 0.6) is 0 Å². The molecule has 0 fully saturated rings. The first-order valence-corrected chi connectivity index (χ1v) is 7.04. The maximum absolute atomic E-state index is 13.5. The maximum atomic E-state index is 13.5. The first-order chi connectivity index (χ1) is 10.9. The highest BCUT2D eigenvalue weighted by Gasteiger charge is 2.17. The van der Waals surface area contributed by atoms with Crippen molar-refractivity contribution in [2.24, 2.45) is 0 Å². The Morgan fingerprint density at radius 3 is 2.30 bits per heavy atom. The monoisotopic (exact) mass is 387 g/mol. The summed E-state index contributed by atoms with van der Waals surface area (Å²) in [5.74, 6) is -4.80. The molecule has 0 aliphatic heterocycles. The second kappa shape index (κ2) is 7.28. The van der Waals surface area contributed by atoms with E-state index in [1.165, 1.54) is 12.1 Å². The standard InChI is InChI=1S/C15H9BrF3NO3/c16-8-4-5-9(12(19)6-8)15(22)23-7-13(21)20-14-10(17)2-1-3-11(14)18/h1-6H,7H2,(H,20,21). The van der Waals surface area contributed by atoms with Gasteiger partial charge in [0.1, 0.15) is 23.1 Å². The third kappa shape index (κ3) is 4.32. The predicted octanol–water partition coefficient (Wildman–Crippen LogP) is 3.66. The minimum atomic E-state index is -1.07. The van der Waals surface area contributed by atoms with Crippen LogP contribution in [0, 0.1) is 17.5 Å². The molecule has 0 saturated carbocycles. The van der Waals surface area contributed by atoms with Crippen LogP contribution in [0.4, 0.5) is 18.9 Å². The van der Waals surface area contributed by atoms with Crippen LogP contribution < -0.4 is 5.32 Å². The van der Waals surface area contributed by atoms with Crippen LogP contribution in [0.2, 0.25) is 0 Å². The molecule has 23 heavy (non-hydrogen) atoms. The minimum absolute atomic E-state index is 0.363.